The Morgan fingerprint density at radius 3 is 2.48 bits per heavy atom. The second kappa shape index (κ2) is 8.79. The molecule has 9 nitrogen and oxygen atoms in total. The van der Waals surface area contributed by atoms with E-state index in [1.807, 2.05) is 30.3 Å². The molecule has 0 radical (unpaired) electrons. The first-order chi connectivity index (χ1) is 16.1. The lowest BCUT2D eigenvalue weighted by atomic mass is 10.2. The summed E-state index contributed by atoms with van der Waals surface area (Å²) in [5.74, 6) is 0.267. The quantitative estimate of drug-likeness (QED) is 0.347. The first-order valence-corrected chi connectivity index (χ1v) is 10.5. The number of hydrogen-bond acceptors (Lipinski definition) is 6. The molecule has 0 atom stereocenters. The Morgan fingerprint density at radius 2 is 1.73 bits per heavy atom. The number of aliphatic carboxylic acids is 1. The summed E-state index contributed by atoms with van der Waals surface area (Å²) in [6.07, 6.45) is 1.61. The monoisotopic (exact) mass is 463 g/mol. The molecule has 0 bridgehead atoms. The molecule has 0 spiro atoms. The largest absolute Gasteiger partial charge is 0.490 e. The molecule has 166 valence electrons. The summed E-state index contributed by atoms with van der Waals surface area (Å²) in [5.41, 5.74) is 2.90. The summed E-state index contributed by atoms with van der Waals surface area (Å²) >= 11 is 6.20. The zero-order chi connectivity index (χ0) is 22.8. The molecule has 10 heteroatoms. The third-order valence-corrected chi connectivity index (χ3v) is 5.17. The van der Waals surface area contributed by atoms with Gasteiger partial charge in [-0.05, 0) is 48.5 Å². The van der Waals surface area contributed by atoms with Gasteiger partial charge in [-0.1, -0.05) is 23.7 Å². The van der Waals surface area contributed by atoms with Crippen molar-refractivity contribution in [1.82, 2.24) is 24.8 Å². The molecule has 0 amide bonds. The lowest BCUT2D eigenvalue weighted by molar-refractivity contribution is -0.137. The fraction of sp³-hybridized carbons (Fsp3) is 0.130. The fourth-order valence-electron chi connectivity index (χ4n) is 3.46. The highest BCUT2D eigenvalue weighted by molar-refractivity contribution is 6.30. The van der Waals surface area contributed by atoms with Gasteiger partial charge in [-0.25, -0.2) is 0 Å². The molecule has 3 aromatic carbocycles. The van der Waals surface area contributed by atoms with Crippen LogP contribution < -0.4 is 9.47 Å². The molecule has 2 aromatic heterocycles. The molecule has 0 unspecified atom stereocenters. The van der Waals surface area contributed by atoms with E-state index in [2.05, 4.69) is 15.3 Å². The maximum absolute atomic E-state index is 10.9. The first-order valence-electron chi connectivity index (χ1n) is 10.1. The van der Waals surface area contributed by atoms with Crippen molar-refractivity contribution in [3.63, 3.8) is 0 Å². The van der Waals surface area contributed by atoms with E-state index in [0.29, 0.717) is 28.8 Å². The smallest absolute Gasteiger partial charge is 0.325 e. The van der Waals surface area contributed by atoms with Crippen molar-refractivity contribution >= 4 is 39.5 Å². The predicted octanol–water partition coefficient (Wildman–Crippen LogP) is 3.97. The van der Waals surface area contributed by atoms with E-state index < -0.39 is 5.97 Å². The maximum atomic E-state index is 10.9. The van der Waals surface area contributed by atoms with E-state index in [0.717, 1.165) is 21.9 Å². The van der Waals surface area contributed by atoms with E-state index >= 15 is 0 Å². The molecule has 2 heterocycles. The summed E-state index contributed by atoms with van der Waals surface area (Å²) in [6, 6.07) is 18.2. The minimum Gasteiger partial charge on any atom is -0.490 e. The highest BCUT2D eigenvalue weighted by atomic mass is 35.5. The minimum atomic E-state index is -0.947. The van der Waals surface area contributed by atoms with Gasteiger partial charge in [-0.15, -0.1) is 15.0 Å². The predicted molar refractivity (Wildman–Crippen MR) is 122 cm³/mol. The van der Waals surface area contributed by atoms with Crippen molar-refractivity contribution in [2.45, 2.75) is 6.54 Å². The molecule has 0 aliphatic carbocycles. The van der Waals surface area contributed by atoms with Gasteiger partial charge in [-0.3, -0.25) is 9.48 Å². The number of carboxylic acids is 1. The van der Waals surface area contributed by atoms with Crippen molar-refractivity contribution in [2.24, 2.45) is 0 Å². The lowest BCUT2D eigenvalue weighted by Crippen LogP contribution is -2.11. The number of hydrogen-bond donors (Lipinski definition) is 1. The number of fused-ring (bicyclic) bond motifs is 2. The molecule has 1 N–H and O–H groups in total. The molecular weight excluding hydrogens is 446 g/mol. The normalized spacial score (nSPS) is 11.2. The Bertz CT molecular complexity index is 1430. The number of benzene rings is 3. The van der Waals surface area contributed by atoms with Crippen LogP contribution >= 0.6 is 11.6 Å². The number of nitrogens with zero attached hydrogens (tertiary/aromatic N) is 5. The van der Waals surface area contributed by atoms with Crippen LogP contribution in [0.5, 0.6) is 11.5 Å². The average Bonchev–Trinajstić information content (AvgIpc) is 3.41. The van der Waals surface area contributed by atoms with Crippen LogP contribution in [-0.2, 0) is 11.3 Å². The molecular formula is C23H18ClN5O4. The van der Waals surface area contributed by atoms with Crippen molar-refractivity contribution in [2.75, 3.05) is 13.2 Å². The fourth-order valence-corrected chi connectivity index (χ4v) is 3.62. The minimum absolute atomic E-state index is 0.193. The summed E-state index contributed by atoms with van der Waals surface area (Å²) in [5, 5.41) is 23.4. The van der Waals surface area contributed by atoms with Crippen LogP contribution in [0.25, 0.3) is 27.6 Å². The molecule has 0 aliphatic heterocycles. The third kappa shape index (κ3) is 4.44. The van der Waals surface area contributed by atoms with E-state index in [1.165, 1.54) is 9.48 Å². The van der Waals surface area contributed by atoms with Crippen molar-refractivity contribution in [1.29, 1.82) is 0 Å². The first kappa shape index (κ1) is 20.8. The number of rotatable bonds is 8. The average molecular weight is 464 g/mol. The topological polar surface area (TPSA) is 104 Å². The van der Waals surface area contributed by atoms with Gasteiger partial charge in [0.05, 0.1) is 11.7 Å². The Kier molecular flexibility index (Phi) is 5.54. The van der Waals surface area contributed by atoms with Crippen molar-refractivity contribution < 1.29 is 19.4 Å². The summed E-state index contributed by atoms with van der Waals surface area (Å²) in [4.78, 5) is 12.4. The van der Waals surface area contributed by atoms with E-state index in [1.54, 1.807) is 36.5 Å². The van der Waals surface area contributed by atoms with Gasteiger partial charge in [0.1, 0.15) is 48.0 Å². The SMILES string of the molecule is O=C(O)Cn1ncc2cc(OCCOc3ccc(Cl)cc3-n3nc4ccccc4n3)ccc21. The third-order valence-electron chi connectivity index (χ3n) is 4.93. The number of aromatic nitrogens is 5. The number of ether oxygens (including phenoxy) is 2. The van der Waals surface area contributed by atoms with Crippen molar-refractivity contribution in [3.05, 3.63) is 71.9 Å². The molecule has 0 aliphatic rings. The second-order valence-electron chi connectivity index (χ2n) is 7.20. The van der Waals surface area contributed by atoms with Crippen molar-refractivity contribution in [3.8, 4) is 17.2 Å². The zero-order valence-electron chi connectivity index (χ0n) is 17.3. The summed E-state index contributed by atoms with van der Waals surface area (Å²) in [7, 11) is 0. The standard InChI is InChI=1S/C23H18ClN5O4/c24-16-5-8-22(21(12-16)29-26-18-3-1-2-4-19(18)27-29)33-10-9-32-17-6-7-20-15(11-17)13-25-28(20)14-23(30)31/h1-8,11-13H,9-10,14H2,(H,30,31). The Hall–Kier alpha value is -4.11. The van der Waals surface area contributed by atoms with Gasteiger partial charge in [0.25, 0.3) is 0 Å². The van der Waals surface area contributed by atoms with Crippen LogP contribution in [-0.4, -0.2) is 49.1 Å². The van der Waals surface area contributed by atoms with E-state index in [-0.39, 0.29) is 13.2 Å². The molecule has 5 aromatic rings. The van der Waals surface area contributed by atoms with Crippen LogP contribution in [0.4, 0.5) is 0 Å². The molecule has 0 fully saturated rings. The number of carboxylic acid groups (broad SMARTS) is 1. The molecule has 33 heavy (non-hydrogen) atoms. The lowest BCUT2D eigenvalue weighted by Gasteiger charge is -2.12. The van der Waals surface area contributed by atoms with Crippen LogP contribution in [0.15, 0.2) is 66.9 Å². The molecule has 0 saturated carbocycles. The Labute approximate surface area is 192 Å². The molecule has 0 saturated heterocycles. The van der Waals surface area contributed by atoms with E-state index in [9.17, 15) is 4.79 Å². The number of halogens is 1. The van der Waals surface area contributed by atoms with Gasteiger partial charge in [0.2, 0.25) is 0 Å². The van der Waals surface area contributed by atoms with Crippen LogP contribution in [0.2, 0.25) is 5.02 Å². The summed E-state index contributed by atoms with van der Waals surface area (Å²) in [6.45, 7) is 0.388. The second-order valence-corrected chi connectivity index (χ2v) is 7.64. The Morgan fingerprint density at radius 1 is 0.970 bits per heavy atom. The van der Waals surface area contributed by atoms with Gasteiger partial charge >= 0.3 is 5.97 Å². The highest BCUT2D eigenvalue weighted by Gasteiger charge is 2.12. The van der Waals surface area contributed by atoms with Gasteiger partial charge in [-0.2, -0.15) is 5.10 Å². The highest BCUT2D eigenvalue weighted by Crippen LogP contribution is 2.27. The van der Waals surface area contributed by atoms with Gasteiger partial charge in [0.15, 0.2) is 0 Å². The number of carbonyl (C=O) groups is 1. The molecule has 5 rings (SSSR count). The van der Waals surface area contributed by atoms with Crippen LogP contribution in [0.3, 0.4) is 0 Å². The maximum Gasteiger partial charge on any atom is 0.325 e. The van der Waals surface area contributed by atoms with Crippen LogP contribution in [0.1, 0.15) is 0 Å². The van der Waals surface area contributed by atoms with E-state index in [4.69, 9.17) is 26.2 Å². The Balaban J connectivity index is 1.26. The van der Waals surface area contributed by atoms with Gasteiger partial charge in [0, 0.05) is 10.4 Å². The van der Waals surface area contributed by atoms with Gasteiger partial charge < -0.3 is 14.6 Å². The summed E-state index contributed by atoms with van der Waals surface area (Å²) < 4.78 is 13.2. The zero-order valence-corrected chi connectivity index (χ0v) is 18.0. The van der Waals surface area contributed by atoms with Crippen LogP contribution in [0, 0.1) is 0 Å².